The predicted octanol–water partition coefficient (Wildman–Crippen LogP) is 3.75. The van der Waals surface area contributed by atoms with Crippen LogP contribution in [0.15, 0.2) is 39.5 Å². The number of nitrogens with zero attached hydrogens (tertiary/aromatic N) is 3. The molecule has 0 radical (unpaired) electrons. The number of fused-ring (bicyclic) bond motifs is 3. The normalized spacial score (nSPS) is 19.9. The fourth-order valence-corrected chi connectivity index (χ4v) is 5.65. The minimum absolute atomic E-state index is 0.0608. The predicted molar refractivity (Wildman–Crippen MR) is 131 cm³/mol. The Labute approximate surface area is 200 Å². The highest BCUT2D eigenvalue weighted by Gasteiger charge is 2.37. The van der Waals surface area contributed by atoms with E-state index in [1.54, 1.807) is 19.1 Å². The fourth-order valence-electron chi connectivity index (χ4n) is 5.65. The standard InChI is InChI=1S/C26H25FN4O4/c1-13-22-21(24(30-26(29-22)34-2)31-8-4-6-15-11-28-12-19(15)31)25(33)35-23(13)17-10-16(32)9-14-5-3-7-18(27)20(14)17/h3,5,7,9-10,15,19,28,32H,4,6,8,11-12H2,1-2H3. The van der Waals surface area contributed by atoms with E-state index in [-0.39, 0.29) is 39.9 Å². The van der Waals surface area contributed by atoms with Gasteiger partial charge in [0, 0.05) is 42.2 Å². The van der Waals surface area contributed by atoms with E-state index in [4.69, 9.17) is 9.15 Å². The SMILES string of the molecule is COc1nc(N2CCCC3CNCC32)c2c(=O)oc(-c3cc(O)cc4cccc(F)c34)c(C)c2n1. The summed E-state index contributed by atoms with van der Waals surface area (Å²) in [4.78, 5) is 24.8. The summed E-state index contributed by atoms with van der Waals surface area (Å²) in [7, 11) is 1.49. The second kappa shape index (κ2) is 8.20. The van der Waals surface area contributed by atoms with Crippen molar-refractivity contribution in [2.24, 2.45) is 5.92 Å². The molecule has 0 spiro atoms. The molecule has 2 aliphatic rings. The number of rotatable bonds is 3. The first kappa shape index (κ1) is 21.8. The topological polar surface area (TPSA) is 101 Å². The van der Waals surface area contributed by atoms with E-state index in [0.29, 0.717) is 28.2 Å². The molecule has 4 aromatic rings. The Kier molecular flexibility index (Phi) is 5.10. The van der Waals surface area contributed by atoms with E-state index in [1.165, 1.54) is 25.3 Å². The molecule has 2 aromatic heterocycles. The number of piperidine rings is 1. The van der Waals surface area contributed by atoms with Crippen molar-refractivity contribution in [1.82, 2.24) is 15.3 Å². The number of aromatic nitrogens is 2. The summed E-state index contributed by atoms with van der Waals surface area (Å²) < 4.78 is 26.2. The first-order chi connectivity index (χ1) is 17.0. The van der Waals surface area contributed by atoms with E-state index < -0.39 is 11.4 Å². The van der Waals surface area contributed by atoms with Gasteiger partial charge in [-0.05, 0) is 49.3 Å². The molecule has 0 amide bonds. The van der Waals surface area contributed by atoms with Gasteiger partial charge in [-0.15, -0.1) is 0 Å². The zero-order valence-electron chi connectivity index (χ0n) is 19.5. The van der Waals surface area contributed by atoms with Crippen molar-refractivity contribution >= 4 is 27.5 Å². The van der Waals surface area contributed by atoms with Crippen LogP contribution >= 0.6 is 0 Å². The van der Waals surface area contributed by atoms with E-state index in [1.807, 2.05) is 0 Å². The van der Waals surface area contributed by atoms with Crippen LogP contribution < -0.4 is 20.6 Å². The molecule has 35 heavy (non-hydrogen) atoms. The molecule has 2 unspecified atom stereocenters. The number of phenolic OH excluding ortho intramolecular Hbond substituents is 1. The number of ether oxygens (including phenoxy) is 1. The Morgan fingerprint density at radius 3 is 2.91 bits per heavy atom. The second-order valence-corrected chi connectivity index (χ2v) is 9.25. The largest absolute Gasteiger partial charge is 0.508 e. The van der Waals surface area contributed by atoms with Gasteiger partial charge in [-0.25, -0.2) is 9.18 Å². The lowest BCUT2D eigenvalue weighted by atomic mass is 9.92. The third kappa shape index (κ3) is 3.41. The number of nitrogens with one attached hydrogen (secondary N) is 1. The molecule has 4 heterocycles. The molecule has 2 N–H and O–H groups in total. The zero-order chi connectivity index (χ0) is 24.3. The van der Waals surface area contributed by atoms with Crippen molar-refractivity contribution < 1.29 is 18.7 Å². The van der Waals surface area contributed by atoms with E-state index in [2.05, 4.69) is 20.2 Å². The number of aryl methyl sites for hydroxylation is 1. The van der Waals surface area contributed by atoms with Crippen LogP contribution in [-0.4, -0.2) is 47.9 Å². The summed E-state index contributed by atoms with van der Waals surface area (Å²) in [5.41, 5.74) is 0.597. The Balaban J connectivity index is 1.63. The van der Waals surface area contributed by atoms with Crippen LogP contribution in [0.3, 0.4) is 0 Å². The first-order valence-corrected chi connectivity index (χ1v) is 11.7. The second-order valence-electron chi connectivity index (χ2n) is 9.25. The number of phenols is 1. The molecule has 2 aromatic carbocycles. The minimum Gasteiger partial charge on any atom is -0.508 e. The number of hydrogen-bond acceptors (Lipinski definition) is 8. The minimum atomic E-state index is -0.612. The number of benzene rings is 2. The van der Waals surface area contributed by atoms with E-state index in [9.17, 15) is 14.3 Å². The molecule has 0 aliphatic carbocycles. The van der Waals surface area contributed by atoms with Gasteiger partial charge in [-0.2, -0.15) is 9.97 Å². The molecule has 2 fully saturated rings. The van der Waals surface area contributed by atoms with Gasteiger partial charge in [0.25, 0.3) is 0 Å². The highest BCUT2D eigenvalue weighted by Crippen LogP contribution is 2.39. The number of methoxy groups -OCH3 is 1. The maximum atomic E-state index is 14.9. The van der Waals surface area contributed by atoms with Gasteiger partial charge in [0.05, 0.1) is 12.6 Å². The molecule has 2 aliphatic heterocycles. The third-order valence-corrected chi connectivity index (χ3v) is 7.25. The molecule has 2 saturated heterocycles. The van der Waals surface area contributed by atoms with Crippen LogP contribution in [0.1, 0.15) is 18.4 Å². The molecule has 9 heteroatoms. The molecule has 180 valence electrons. The molecular formula is C26H25FN4O4. The van der Waals surface area contributed by atoms with Crippen LogP contribution in [0, 0.1) is 18.7 Å². The maximum Gasteiger partial charge on any atom is 0.349 e. The molecule has 8 nitrogen and oxygen atoms in total. The van der Waals surface area contributed by atoms with Crippen LogP contribution in [0.5, 0.6) is 11.8 Å². The van der Waals surface area contributed by atoms with Gasteiger partial charge in [0.2, 0.25) is 0 Å². The van der Waals surface area contributed by atoms with Crippen LogP contribution in [0.25, 0.3) is 33.0 Å². The highest BCUT2D eigenvalue weighted by molar-refractivity contribution is 6.00. The number of hydrogen-bond donors (Lipinski definition) is 2. The van der Waals surface area contributed by atoms with Crippen molar-refractivity contribution in [3.8, 4) is 23.1 Å². The van der Waals surface area contributed by atoms with Crippen molar-refractivity contribution in [3.05, 3.63) is 52.1 Å². The Morgan fingerprint density at radius 2 is 2.09 bits per heavy atom. The Hall–Kier alpha value is -3.72. The summed E-state index contributed by atoms with van der Waals surface area (Å²) in [6.07, 6.45) is 2.12. The molecule has 2 atom stereocenters. The summed E-state index contributed by atoms with van der Waals surface area (Å²) in [6.45, 7) is 4.29. The lowest BCUT2D eigenvalue weighted by Gasteiger charge is -2.38. The molecular weight excluding hydrogens is 451 g/mol. The van der Waals surface area contributed by atoms with Crippen molar-refractivity contribution in [2.45, 2.75) is 25.8 Å². The lowest BCUT2D eigenvalue weighted by molar-refractivity contribution is 0.369. The van der Waals surface area contributed by atoms with Crippen molar-refractivity contribution in [2.75, 3.05) is 31.6 Å². The van der Waals surface area contributed by atoms with E-state index >= 15 is 0 Å². The number of halogens is 1. The van der Waals surface area contributed by atoms with Gasteiger partial charge in [0.15, 0.2) is 5.82 Å². The first-order valence-electron chi connectivity index (χ1n) is 11.7. The monoisotopic (exact) mass is 476 g/mol. The van der Waals surface area contributed by atoms with Gasteiger partial charge in [0.1, 0.15) is 22.7 Å². The Bertz CT molecular complexity index is 1540. The van der Waals surface area contributed by atoms with Crippen LogP contribution in [0.2, 0.25) is 0 Å². The quantitative estimate of drug-likeness (QED) is 0.461. The van der Waals surface area contributed by atoms with Gasteiger partial charge in [-0.3, -0.25) is 0 Å². The third-order valence-electron chi connectivity index (χ3n) is 7.25. The van der Waals surface area contributed by atoms with Gasteiger partial charge in [-0.1, -0.05) is 12.1 Å². The lowest BCUT2D eigenvalue weighted by Crippen LogP contribution is -2.46. The van der Waals surface area contributed by atoms with Crippen molar-refractivity contribution in [3.63, 3.8) is 0 Å². The zero-order valence-corrected chi connectivity index (χ0v) is 19.5. The average molecular weight is 477 g/mol. The number of anilines is 1. The summed E-state index contributed by atoms with van der Waals surface area (Å²) in [6, 6.07) is 7.84. The van der Waals surface area contributed by atoms with E-state index in [0.717, 1.165) is 32.5 Å². The van der Waals surface area contributed by atoms with Gasteiger partial charge < -0.3 is 24.5 Å². The molecule has 6 rings (SSSR count). The van der Waals surface area contributed by atoms with Gasteiger partial charge >= 0.3 is 11.6 Å². The maximum absolute atomic E-state index is 14.9. The fraction of sp³-hybridized carbons (Fsp3) is 0.346. The van der Waals surface area contributed by atoms with Crippen molar-refractivity contribution in [1.29, 1.82) is 0 Å². The molecule has 0 saturated carbocycles. The smallest absolute Gasteiger partial charge is 0.349 e. The summed E-state index contributed by atoms with van der Waals surface area (Å²) in [5, 5.41) is 14.8. The molecule has 0 bridgehead atoms. The number of aromatic hydroxyl groups is 1. The summed E-state index contributed by atoms with van der Waals surface area (Å²) >= 11 is 0. The van der Waals surface area contributed by atoms with Crippen LogP contribution in [-0.2, 0) is 0 Å². The average Bonchev–Trinajstić information content (AvgIpc) is 3.34. The van der Waals surface area contributed by atoms with Crippen LogP contribution in [0.4, 0.5) is 10.2 Å². The summed E-state index contributed by atoms with van der Waals surface area (Å²) in [5.74, 6) is 0.594. The Morgan fingerprint density at radius 1 is 1.23 bits per heavy atom. The highest BCUT2D eigenvalue weighted by atomic mass is 19.1.